The number of piperazine rings is 1. The molecule has 9 nitrogen and oxygen atoms in total. The molecule has 0 radical (unpaired) electrons. The van der Waals surface area contributed by atoms with Crippen LogP contribution in [0.15, 0.2) is 65.3 Å². The number of ether oxygens (including phenoxy) is 1. The van der Waals surface area contributed by atoms with Crippen molar-refractivity contribution in [2.45, 2.75) is 12.8 Å². The van der Waals surface area contributed by atoms with Crippen LogP contribution in [0.2, 0.25) is 0 Å². The van der Waals surface area contributed by atoms with Crippen molar-refractivity contribution in [2.75, 3.05) is 56.6 Å². The maximum atomic E-state index is 13.5. The first kappa shape index (κ1) is 24.4. The second-order valence-electron chi connectivity index (χ2n) is 9.17. The minimum Gasteiger partial charge on any atom is -0.497 e. The lowest BCUT2D eigenvalue weighted by molar-refractivity contribution is 0.0712. The van der Waals surface area contributed by atoms with Gasteiger partial charge in [0, 0.05) is 56.2 Å². The Hall–Kier alpha value is -4.27. The molecule has 0 unspecified atom stereocenters. The molecule has 2 aliphatic heterocycles. The molecular formula is C28H30N4O5. The first-order valence-electron chi connectivity index (χ1n) is 12.5. The van der Waals surface area contributed by atoms with Crippen LogP contribution in [0, 0.1) is 0 Å². The highest BCUT2D eigenvalue weighted by atomic mass is 16.5. The molecule has 5 rings (SSSR count). The van der Waals surface area contributed by atoms with Crippen molar-refractivity contribution < 1.29 is 23.5 Å². The Morgan fingerprint density at radius 2 is 1.54 bits per heavy atom. The number of amides is 3. The van der Waals surface area contributed by atoms with E-state index in [1.807, 2.05) is 17.0 Å². The molecule has 0 aliphatic carbocycles. The maximum absolute atomic E-state index is 13.5. The standard InChI is InChI=1S/C28H30N4O5/c1-36-22-9-6-20(7-10-22)26(33)29-21-8-11-24(23(19-21)27(34)31-12-2-3-13-31)30-14-16-32(17-15-30)28(35)25-5-4-18-37-25/h4-11,18-19H,2-3,12-17H2,1H3,(H,29,33). The highest BCUT2D eigenvalue weighted by molar-refractivity contribution is 6.06. The Morgan fingerprint density at radius 1 is 0.838 bits per heavy atom. The van der Waals surface area contributed by atoms with E-state index < -0.39 is 0 Å². The third kappa shape index (κ3) is 5.30. The Balaban J connectivity index is 1.35. The normalized spacial score (nSPS) is 15.5. The third-order valence-corrected chi connectivity index (χ3v) is 6.87. The molecule has 192 valence electrons. The van der Waals surface area contributed by atoms with Crippen molar-refractivity contribution in [3.8, 4) is 5.75 Å². The topological polar surface area (TPSA) is 95.3 Å². The zero-order chi connectivity index (χ0) is 25.8. The first-order valence-corrected chi connectivity index (χ1v) is 12.5. The summed E-state index contributed by atoms with van der Waals surface area (Å²) in [7, 11) is 1.58. The molecule has 0 bridgehead atoms. The Morgan fingerprint density at radius 3 is 2.19 bits per heavy atom. The lowest BCUT2D eigenvalue weighted by atomic mass is 10.1. The van der Waals surface area contributed by atoms with Gasteiger partial charge in [0.05, 0.1) is 18.9 Å². The highest BCUT2D eigenvalue weighted by Crippen LogP contribution is 2.29. The smallest absolute Gasteiger partial charge is 0.289 e. The number of nitrogens with one attached hydrogen (secondary N) is 1. The molecule has 0 saturated carbocycles. The fraction of sp³-hybridized carbons (Fsp3) is 0.321. The second-order valence-corrected chi connectivity index (χ2v) is 9.17. The minimum absolute atomic E-state index is 0.0397. The first-order chi connectivity index (χ1) is 18.0. The van der Waals surface area contributed by atoms with Crippen molar-refractivity contribution in [2.24, 2.45) is 0 Å². The van der Waals surface area contributed by atoms with Gasteiger partial charge in [-0.1, -0.05) is 0 Å². The van der Waals surface area contributed by atoms with E-state index >= 15 is 0 Å². The van der Waals surface area contributed by atoms with Gasteiger partial charge in [-0.15, -0.1) is 0 Å². The lowest BCUT2D eigenvalue weighted by Gasteiger charge is -2.37. The molecule has 1 N–H and O–H groups in total. The number of likely N-dealkylation sites (tertiary alicyclic amines) is 1. The summed E-state index contributed by atoms with van der Waals surface area (Å²) in [6, 6.07) is 15.7. The van der Waals surface area contributed by atoms with Gasteiger partial charge in [0.25, 0.3) is 17.7 Å². The average Bonchev–Trinajstić information content (AvgIpc) is 3.68. The number of furan rings is 1. The lowest BCUT2D eigenvalue weighted by Crippen LogP contribution is -2.49. The summed E-state index contributed by atoms with van der Waals surface area (Å²) in [6.07, 6.45) is 3.47. The van der Waals surface area contributed by atoms with Gasteiger partial charge < -0.3 is 29.2 Å². The van der Waals surface area contributed by atoms with Gasteiger partial charge in [0.15, 0.2) is 5.76 Å². The van der Waals surface area contributed by atoms with Crippen molar-refractivity contribution in [3.05, 3.63) is 77.7 Å². The van der Waals surface area contributed by atoms with Crippen LogP contribution in [0.3, 0.4) is 0 Å². The van der Waals surface area contributed by atoms with E-state index in [4.69, 9.17) is 9.15 Å². The summed E-state index contributed by atoms with van der Waals surface area (Å²) < 4.78 is 10.4. The second kappa shape index (κ2) is 10.8. The summed E-state index contributed by atoms with van der Waals surface area (Å²) in [5.41, 5.74) is 2.41. The largest absolute Gasteiger partial charge is 0.497 e. The van der Waals surface area contributed by atoms with E-state index in [-0.39, 0.29) is 17.7 Å². The fourth-order valence-corrected chi connectivity index (χ4v) is 4.80. The summed E-state index contributed by atoms with van der Waals surface area (Å²) in [5, 5.41) is 2.92. The Bertz CT molecular complexity index is 1260. The van der Waals surface area contributed by atoms with Gasteiger partial charge in [-0.3, -0.25) is 14.4 Å². The van der Waals surface area contributed by atoms with Crippen molar-refractivity contribution >= 4 is 29.1 Å². The van der Waals surface area contributed by atoms with Gasteiger partial charge in [-0.05, 0) is 67.4 Å². The van der Waals surface area contributed by atoms with E-state index in [0.29, 0.717) is 54.5 Å². The van der Waals surface area contributed by atoms with E-state index in [1.165, 1.54) is 6.26 Å². The van der Waals surface area contributed by atoms with Crippen LogP contribution in [0.25, 0.3) is 0 Å². The molecule has 3 aromatic rings. The van der Waals surface area contributed by atoms with Crippen LogP contribution in [-0.2, 0) is 0 Å². The number of carbonyl (C=O) groups is 3. The molecule has 0 spiro atoms. The summed E-state index contributed by atoms with van der Waals surface area (Å²) in [6.45, 7) is 3.67. The van der Waals surface area contributed by atoms with Gasteiger partial charge in [0.1, 0.15) is 5.75 Å². The number of methoxy groups -OCH3 is 1. The Labute approximate surface area is 215 Å². The van der Waals surface area contributed by atoms with Gasteiger partial charge in [-0.25, -0.2) is 0 Å². The summed E-state index contributed by atoms with van der Waals surface area (Å²) in [5.74, 6) is 0.567. The number of benzene rings is 2. The molecule has 2 saturated heterocycles. The summed E-state index contributed by atoms with van der Waals surface area (Å²) in [4.78, 5) is 44.8. The zero-order valence-corrected chi connectivity index (χ0v) is 20.8. The quantitative estimate of drug-likeness (QED) is 0.552. The van der Waals surface area contributed by atoms with Crippen LogP contribution in [0.4, 0.5) is 11.4 Å². The molecule has 9 heteroatoms. The van der Waals surface area contributed by atoms with E-state index in [9.17, 15) is 14.4 Å². The van der Waals surface area contributed by atoms with Gasteiger partial charge >= 0.3 is 0 Å². The number of nitrogens with zero attached hydrogens (tertiary/aromatic N) is 3. The van der Waals surface area contributed by atoms with Crippen LogP contribution >= 0.6 is 0 Å². The molecular weight excluding hydrogens is 472 g/mol. The van der Waals surface area contributed by atoms with E-state index in [1.54, 1.807) is 54.5 Å². The number of hydrogen-bond acceptors (Lipinski definition) is 6. The maximum Gasteiger partial charge on any atom is 0.289 e. The van der Waals surface area contributed by atoms with Crippen LogP contribution in [0.1, 0.15) is 44.1 Å². The van der Waals surface area contributed by atoms with Crippen molar-refractivity contribution in [3.63, 3.8) is 0 Å². The minimum atomic E-state index is -0.264. The SMILES string of the molecule is COc1ccc(C(=O)Nc2ccc(N3CCN(C(=O)c4ccco4)CC3)c(C(=O)N3CCCC3)c2)cc1. The molecule has 1 aromatic heterocycles. The molecule has 3 heterocycles. The monoisotopic (exact) mass is 502 g/mol. The molecule has 2 aliphatic rings. The summed E-state index contributed by atoms with van der Waals surface area (Å²) >= 11 is 0. The Kier molecular flexibility index (Phi) is 7.11. The fourth-order valence-electron chi connectivity index (χ4n) is 4.80. The number of anilines is 2. The molecule has 0 atom stereocenters. The molecule has 3 amide bonds. The average molecular weight is 503 g/mol. The molecule has 2 aromatic carbocycles. The van der Waals surface area contributed by atoms with Gasteiger partial charge in [-0.2, -0.15) is 0 Å². The highest BCUT2D eigenvalue weighted by Gasteiger charge is 2.28. The van der Waals surface area contributed by atoms with Crippen molar-refractivity contribution in [1.82, 2.24) is 9.80 Å². The zero-order valence-electron chi connectivity index (χ0n) is 20.8. The van der Waals surface area contributed by atoms with Crippen LogP contribution in [-0.4, -0.2) is 73.9 Å². The number of hydrogen-bond donors (Lipinski definition) is 1. The van der Waals surface area contributed by atoms with Crippen LogP contribution in [0.5, 0.6) is 5.75 Å². The molecule has 2 fully saturated rings. The third-order valence-electron chi connectivity index (χ3n) is 6.87. The van der Waals surface area contributed by atoms with Crippen LogP contribution < -0.4 is 15.0 Å². The predicted molar refractivity (Wildman–Crippen MR) is 139 cm³/mol. The van der Waals surface area contributed by atoms with E-state index in [2.05, 4.69) is 10.2 Å². The van der Waals surface area contributed by atoms with Gasteiger partial charge in [0.2, 0.25) is 0 Å². The van der Waals surface area contributed by atoms with Crippen molar-refractivity contribution in [1.29, 1.82) is 0 Å². The van der Waals surface area contributed by atoms with E-state index in [0.717, 1.165) is 31.6 Å². The number of rotatable bonds is 6. The predicted octanol–water partition coefficient (Wildman–Crippen LogP) is 3.74. The number of carbonyl (C=O) groups excluding carboxylic acids is 3. The molecule has 37 heavy (non-hydrogen) atoms.